The van der Waals surface area contributed by atoms with Gasteiger partial charge in [-0.15, -0.1) is 0 Å². The first-order chi connectivity index (χ1) is 7.11. The third-order valence-electron chi connectivity index (χ3n) is 2.45. The highest BCUT2D eigenvalue weighted by Gasteiger charge is 2.35. The van der Waals surface area contributed by atoms with E-state index in [1.165, 1.54) is 0 Å². The molecule has 0 spiro atoms. The topological polar surface area (TPSA) is 75.4 Å². The van der Waals surface area contributed by atoms with Crippen molar-refractivity contribution in [3.8, 4) is 0 Å². The van der Waals surface area contributed by atoms with Crippen LogP contribution in [0.25, 0.3) is 0 Å². The van der Waals surface area contributed by atoms with Gasteiger partial charge in [0, 0.05) is 12.3 Å². The van der Waals surface area contributed by atoms with Gasteiger partial charge in [-0.05, 0) is 12.8 Å². The molecule has 0 unspecified atom stereocenters. The van der Waals surface area contributed by atoms with E-state index in [1.54, 1.807) is 27.8 Å². The van der Waals surface area contributed by atoms with Gasteiger partial charge in [-0.2, -0.15) is 12.6 Å². The molecule has 15 heavy (non-hydrogen) atoms. The molecular formula is C8H14IN3O2S. The molecule has 1 aliphatic heterocycles. The van der Waals surface area contributed by atoms with E-state index in [0.29, 0.717) is 18.7 Å². The Morgan fingerprint density at radius 3 is 2.87 bits per heavy atom. The van der Waals surface area contributed by atoms with E-state index in [0.717, 1.165) is 6.42 Å². The fourth-order valence-corrected chi connectivity index (χ4v) is 2.17. The summed E-state index contributed by atoms with van der Waals surface area (Å²) in [6.07, 6.45) is 1.56. The highest BCUT2D eigenvalue weighted by atomic mass is 127. The van der Waals surface area contributed by atoms with Crippen molar-refractivity contribution in [2.24, 2.45) is 5.73 Å². The summed E-state index contributed by atoms with van der Waals surface area (Å²) in [4.78, 5) is 24.8. The van der Waals surface area contributed by atoms with Crippen LogP contribution in [0.1, 0.15) is 12.8 Å². The second-order valence-electron chi connectivity index (χ2n) is 3.44. The summed E-state index contributed by atoms with van der Waals surface area (Å²) in [5, 5.41) is 0. The normalized spacial score (nSPS) is 22.6. The molecule has 0 aromatic carbocycles. The third-order valence-corrected chi connectivity index (χ3v) is 3.37. The maximum atomic E-state index is 11.8. The number of amides is 2. The number of hydrogen-bond donors (Lipinski definition) is 3. The van der Waals surface area contributed by atoms with E-state index in [2.05, 4.69) is 16.2 Å². The Balaban J connectivity index is 2.68. The highest BCUT2D eigenvalue weighted by molar-refractivity contribution is 14.1. The van der Waals surface area contributed by atoms with E-state index < -0.39 is 6.04 Å². The van der Waals surface area contributed by atoms with Gasteiger partial charge >= 0.3 is 0 Å². The summed E-state index contributed by atoms with van der Waals surface area (Å²) in [6, 6.07) is -0.976. The molecular weight excluding hydrogens is 329 g/mol. The Bertz CT molecular complexity index is 264. The number of hydrogen-bond acceptors (Lipinski definition) is 4. The van der Waals surface area contributed by atoms with Crippen LogP contribution in [0.2, 0.25) is 0 Å². The smallest absolute Gasteiger partial charge is 0.251 e. The predicted octanol–water partition coefficient (Wildman–Crippen LogP) is -0.299. The molecule has 0 radical (unpaired) electrons. The van der Waals surface area contributed by atoms with Crippen molar-refractivity contribution < 1.29 is 9.59 Å². The third kappa shape index (κ3) is 2.97. The van der Waals surface area contributed by atoms with E-state index in [-0.39, 0.29) is 17.9 Å². The van der Waals surface area contributed by atoms with Gasteiger partial charge in [-0.25, -0.2) is 0 Å². The van der Waals surface area contributed by atoms with Crippen LogP contribution in [0, 0.1) is 0 Å². The van der Waals surface area contributed by atoms with Gasteiger partial charge in [0.15, 0.2) is 0 Å². The maximum Gasteiger partial charge on any atom is 0.251 e. The second-order valence-corrected chi connectivity index (χ2v) is 4.34. The quantitative estimate of drug-likeness (QED) is 0.374. The Kier molecular flexibility index (Phi) is 5.13. The number of carbonyl (C=O) groups is 2. The van der Waals surface area contributed by atoms with Crippen molar-refractivity contribution in [1.82, 2.24) is 8.43 Å². The molecule has 0 bridgehead atoms. The van der Waals surface area contributed by atoms with Gasteiger partial charge in [0.1, 0.15) is 6.04 Å². The zero-order chi connectivity index (χ0) is 11.4. The molecule has 2 atom stereocenters. The number of thiol groups is 1. The number of nitrogens with two attached hydrogens (primary N) is 1. The average molecular weight is 343 g/mol. The summed E-state index contributed by atoms with van der Waals surface area (Å²) in [6.45, 7) is 0.606. The second kappa shape index (κ2) is 5.90. The largest absolute Gasteiger partial charge is 0.329 e. The first-order valence-corrected chi connectivity index (χ1v) is 6.40. The lowest BCUT2D eigenvalue weighted by atomic mass is 10.2. The van der Waals surface area contributed by atoms with Crippen molar-refractivity contribution >= 4 is 47.3 Å². The van der Waals surface area contributed by atoms with Gasteiger partial charge in [-0.1, -0.05) is 0 Å². The lowest BCUT2D eigenvalue weighted by Crippen LogP contribution is -2.50. The summed E-state index contributed by atoms with van der Waals surface area (Å²) in [5.41, 5.74) is 5.60. The molecule has 0 aromatic heterocycles. The minimum Gasteiger partial charge on any atom is -0.329 e. The Morgan fingerprint density at radius 2 is 2.33 bits per heavy atom. The Hall–Kier alpha value is -0.0200. The molecule has 86 valence electrons. The molecule has 2 amide bonds. The number of rotatable bonds is 3. The molecule has 1 saturated heterocycles. The fraction of sp³-hybridized carbons (Fsp3) is 0.750. The summed E-state index contributed by atoms with van der Waals surface area (Å²) in [7, 11) is 0. The van der Waals surface area contributed by atoms with Crippen LogP contribution in [-0.2, 0) is 9.59 Å². The summed E-state index contributed by atoms with van der Waals surface area (Å²) >= 11 is 5.76. The van der Waals surface area contributed by atoms with Gasteiger partial charge < -0.3 is 10.6 Å². The van der Waals surface area contributed by atoms with Crippen LogP contribution < -0.4 is 9.26 Å². The van der Waals surface area contributed by atoms with Crippen LogP contribution in [0.4, 0.5) is 0 Å². The molecule has 1 fully saturated rings. The summed E-state index contributed by atoms with van der Waals surface area (Å²) in [5.74, 6) is -0.0196. The highest BCUT2D eigenvalue weighted by Crippen LogP contribution is 2.18. The van der Waals surface area contributed by atoms with Crippen molar-refractivity contribution in [2.75, 3.05) is 12.3 Å². The number of carbonyl (C=O) groups excluding carboxylic acids is 2. The first-order valence-electron chi connectivity index (χ1n) is 4.69. The van der Waals surface area contributed by atoms with Gasteiger partial charge in [0.2, 0.25) is 5.91 Å². The standard InChI is InChI=1S/C8H14IN3O2S/c9-11-7(13)6-2-1-3-12(6)8(14)5(10)4-15/h5-6,15H,1-4,10H2,(H,11,13)/t5-,6-/m1/s1. The monoisotopic (exact) mass is 343 g/mol. The van der Waals surface area contributed by atoms with Gasteiger partial charge in [-0.3, -0.25) is 13.1 Å². The zero-order valence-corrected chi connectivity index (χ0v) is 11.2. The molecule has 3 N–H and O–H groups in total. The number of nitrogens with zero attached hydrogens (tertiary/aromatic N) is 1. The van der Waals surface area contributed by atoms with E-state index in [4.69, 9.17) is 5.73 Å². The molecule has 0 saturated carbocycles. The van der Waals surface area contributed by atoms with E-state index in [1.807, 2.05) is 0 Å². The SMILES string of the molecule is N[C@H](CS)C(=O)N1CCC[C@@H]1C(=O)NI. The van der Waals surface area contributed by atoms with E-state index >= 15 is 0 Å². The van der Waals surface area contributed by atoms with Crippen molar-refractivity contribution in [3.63, 3.8) is 0 Å². The van der Waals surface area contributed by atoms with Crippen molar-refractivity contribution in [3.05, 3.63) is 0 Å². The Labute approximate surface area is 108 Å². The molecule has 0 aromatic rings. The van der Waals surface area contributed by atoms with Gasteiger partial charge in [0.05, 0.1) is 28.9 Å². The number of nitrogens with one attached hydrogen (secondary N) is 1. The molecule has 0 aliphatic carbocycles. The Morgan fingerprint density at radius 1 is 1.67 bits per heavy atom. The molecule has 5 nitrogen and oxygen atoms in total. The van der Waals surface area contributed by atoms with Crippen LogP contribution in [-0.4, -0.2) is 41.1 Å². The van der Waals surface area contributed by atoms with Crippen molar-refractivity contribution in [2.45, 2.75) is 24.9 Å². The van der Waals surface area contributed by atoms with E-state index in [9.17, 15) is 9.59 Å². The van der Waals surface area contributed by atoms with Crippen molar-refractivity contribution in [1.29, 1.82) is 0 Å². The predicted molar refractivity (Wildman–Crippen MR) is 68.7 cm³/mol. The lowest BCUT2D eigenvalue weighted by molar-refractivity contribution is -0.138. The zero-order valence-electron chi connectivity index (χ0n) is 8.15. The minimum atomic E-state index is -0.615. The molecule has 1 aliphatic rings. The average Bonchev–Trinajstić information content (AvgIpc) is 2.74. The molecule has 7 heteroatoms. The number of halogens is 1. The molecule has 1 heterocycles. The first kappa shape index (κ1) is 13.0. The van der Waals surface area contributed by atoms with Crippen LogP contribution in [0.15, 0.2) is 0 Å². The molecule has 1 rings (SSSR count). The van der Waals surface area contributed by atoms with Crippen LogP contribution in [0.5, 0.6) is 0 Å². The van der Waals surface area contributed by atoms with Crippen LogP contribution >= 0.6 is 35.5 Å². The minimum absolute atomic E-state index is 0.132. The fourth-order valence-electron chi connectivity index (χ4n) is 1.66. The lowest BCUT2D eigenvalue weighted by Gasteiger charge is -2.25. The number of likely N-dealkylation sites (tertiary alicyclic amines) is 1. The maximum absolute atomic E-state index is 11.8. The van der Waals surface area contributed by atoms with Gasteiger partial charge in [0.25, 0.3) is 5.91 Å². The van der Waals surface area contributed by atoms with Crippen LogP contribution in [0.3, 0.4) is 0 Å². The summed E-state index contributed by atoms with van der Waals surface area (Å²) < 4.78 is 2.53.